The zero-order chi connectivity index (χ0) is 13.1. The number of likely N-dealkylation sites (tertiary alicyclic amines) is 1. The van der Waals surface area contributed by atoms with Crippen LogP contribution in [0.5, 0.6) is 0 Å². The van der Waals surface area contributed by atoms with Gasteiger partial charge in [-0.1, -0.05) is 0 Å². The molecule has 0 aliphatic carbocycles. The van der Waals surface area contributed by atoms with Crippen LogP contribution in [-0.4, -0.2) is 47.0 Å². The Morgan fingerprint density at radius 3 is 2.74 bits per heavy atom. The molecule has 2 saturated heterocycles. The summed E-state index contributed by atoms with van der Waals surface area (Å²) in [7, 11) is 0. The van der Waals surface area contributed by atoms with Gasteiger partial charge in [0.05, 0.1) is 12.1 Å². The number of aromatic nitrogens is 2. The van der Waals surface area contributed by atoms with E-state index in [0.717, 1.165) is 39.1 Å². The molecule has 2 aliphatic heterocycles. The van der Waals surface area contributed by atoms with Crippen molar-refractivity contribution in [3.63, 3.8) is 0 Å². The van der Waals surface area contributed by atoms with E-state index in [1.807, 2.05) is 16.9 Å². The van der Waals surface area contributed by atoms with Crippen molar-refractivity contribution in [2.75, 3.05) is 32.0 Å². The molecule has 0 saturated carbocycles. The van der Waals surface area contributed by atoms with E-state index in [4.69, 9.17) is 10.5 Å². The molecule has 106 valence electrons. The Bertz CT molecular complexity index is 392. The van der Waals surface area contributed by atoms with E-state index in [0.29, 0.717) is 18.0 Å². The number of nitrogens with two attached hydrogens (primary N) is 1. The molecular weight excluding hydrogens is 240 g/mol. The monoisotopic (exact) mass is 264 g/mol. The summed E-state index contributed by atoms with van der Waals surface area (Å²) in [5.74, 6) is 0.623. The van der Waals surface area contributed by atoms with Crippen LogP contribution in [0.25, 0.3) is 0 Å². The zero-order valence-corrected chi connectivity index (χ0v) is 11.5. The number of rotatable bonds is 3. The van der Waals surface area contributed by atoms with Gasteiger partial charge in [-0.05, 0) is 38.2 Å². The maximum atomic E-state index is 5.82. The van der Waals surface area contributed by atoms with E-state index < -0.39 is 0 Å². The van der Waals surface area contributed by atoms with Gasteiger partial charge in [0.2, 0.25) is 0 Å². The molecule has 19 heavy (non-hydrogen) atoms. The van der Waals surface area contributed by atoms with Gasteiger partial charge in [-0.3, -0.25) is 4.68 Å². The Balaban J connectivity index is 1.46. The van der Waals surface area contributed by atoms with E-state index >= 15 is 0 Å². The van der Waals surface area contributed by atoms with Gasteiger partial charge in [0.25, 0.3) is 0 Å². The van der Waals surface area contributed by atoms with Gasteiger partial charge in [-0.2, -0.15) is 5.10 Å². The SMILES string of the molecule is Nc1ccn(C2CCN(CC3CCCCO3)CC2)n1. The molecule has 0 aromatic carbocycles. The lowest BCUT2D eigenvalue weighted by Crippen LogP contribution is -2.41. The molecule has 2 fully saturated rings. The molecule has 1 atom stereocenters. The molecule has 3 heterocycles. The zero-order valence-electron chi connectivity index (χ0n) is 11.5. The second-order valence-electron chi connectivity index (χ2n) is 5.74. The number of nitrogen functional groups attached to an aromatic ring is 1. The predicted octanol–water partition coefficient (Wildman–Crippen LogP) is 1.67. The van der Waals surface area contributed by atoms with Crippen LogP contribution in [0.3, 0.4) is 0 Å². The molecule has 0 spiro atoms. The molecule has 0 amide bonds. The highest BCUT2D eigenvalue weighted by atomic mass is 16.5. The summed E-state index contributed by atoms with van der Waals surface area (Å²) < 4.78 is 7.85. The lowest BCUT2D eigenvalue weighted by Gasteiger charge is -2.35. The first-order valence-electron chi connectivity index (χ1n) is 7.46. The first-order valence-corrected chi connectivity index (χ1v) is 7.46. The lowest BCUT2D eigenvalue weighted by molar-refractivity contribution is -0.0111. The van der Waals surface area contributed by atoms with Crippen molar-refractivity contribution in [2.45, 2.75) is 44.2 Å². The minimum atomic E-state index is 0.464. The van der Waals surface area contributed by atoms with Crippen LogP contribution in [0, 0.1) is 0 Å². The maximum absolute atomic E-state index is 5.82. The van der Waals surface area contributed by atoms with Crippen molar-refractivity contribution in [2.24, 2.45) is 0 Å². The Morgan fingerprint density at radius 2 is 2.11 bits per heavy atom. The van der Waals surface area contributed by atoms with E-state index in [2.05, 4.69) is 10.00 Å². The molecular formula is C14H24N4O. The van der Waals surface area contributed by atoms with Crippen molar-refractivity contribution in [1.29, 1.82) is 0 Å². The Kier molecular flexibility index (Phi) is 4.03. The number of ether oxygens (including phenoxy) is 1. The average Bonchev–Trinajstić information content (AvgIpc) is 2.87. The van der Waals surface area contributed by atoms with Gasteiger partial charge in [0.1, 0.15) is 5.82 Å². The van der Waals surface area contributed by atoms with Crippen molar-refractivity contribution in [1.82, 2.24) is 14.7 Å². The van der Waals surface area contributed by atoms with Crippen molar-refractivity contribution >= 4 is 5.82 Å². The third-order valence-electron chi connectivity index (χ3n) is 4.30. The van der Waals surface area contributed by atoms with Gasteiger partial charge < -0.3 is 15.4 Å². The van der Waals surface area contributed by atoms with Crippen LogP contribution in [0.15, 0.2) is 12.3 Å². The fourth-order valence-corrected chi connectivity index (χ4v) is 3.16. The summed E-state index contributed by atoms with van der Waals surface area (Å²) in [5, 5.41) is 4.33. The van der Waals surface area contributed by atoms with Gasteiger partial charge in [-0.15, -0.1) is 0 Å². The van der Waals surface area contributed by atoms with Crippen molar-refractivity contribution in [3.8, 4) is 0 Å². The van der Waals surface area contributed by atoms with Crippen molar-refractivity contribution < 1.29 is 4.74 Å². The molecule has 1 unspecified atom stereocenters. The van der Waals surface area contributed by atoms with E-state index in [-0.39, 0.29) is 0 Å². The lowest BCUT2D eigenvalue weighted by atomic mass is 10.0. The van der Waals surface area contributed by atoms with Gasteiger partial charge >= 0.3 is 0 Å². The third kappa shape index (κ3) is 3.28. The van der Waals surface area contributed by atoms with Gasteiger partial charge in [0, 0.05) is 32.4 Å². The van der Waals surface area contributed by atoms with Crippen LogP contribution >= 0.6 is 0 Å². The Labute approximate surface area is 114 Å². The smallest absolute Gasteiger partial charge is 0.145 e. The topological polar surface area (TPSA) is 56.3 Å². The number of anilines is 1. The quantitative estimate of drug-likeness (QED) is 0.902. The molecule has 5 heteroatoms. The normalized spacial score (nSPS) is 26.6. The van der Waals surface area contributed by atoms with E-state index in [9.17, 15) is 0 Å². The molecule has 0 bridgehead atoms. The number of hydrogen-bond donors (Lipinski definition) is 1. The molecule has 2 N–H and O–H groups in total. The number of hydrogen-bond acceptors (Lipinski definition) is 4. The van der Waals surface area contributed by atoms with E-state index in [1.165, 1.54) is 19.3 Å². The third-order valence-corrected chi connectivity index (χ3v) is 4.30. The average molecular weight is 264 g/mol. The highest BCUT2D eigenvalue weighted by molar-refractivity contribution is 5.24. The molecule has 5 nitrogen and oxygen atoms in total. The summed E-state index contributed by atoms with van der Waals surface area (Å²) in [6.45, 7) is 4.34. The van der Waals surface area contributed by atoms with Crippen LogP contribution in [0.4, 0.5) is 5.82 Å². The molecule has 0 radical (unpaired) electrons. The van der Waals surface area contributed by atoms with Crippen LogP contribution in [-0.2, 0) is 4.74 Å². The minimum absolute atomic E-state index is 0.464. The molecule has 1 aromatic heterocycles. The maximum Gasteiger partial charge on any atom is 0.145 e. The van der Waals surface area contributed by atoms with Crippen LogP contribution in [0.2, 0.25) is 0 Å². The largest absolute Gasteiger partial charge is 0.382 e. The van der Waals surface area contributed by atoms with Gasteiger partial charge in [0.15, 0.2) is 0 Å². The number of nitrogens with zero attached hydrogens (tertiary/aromatic N) is 3. The second kappa shape index (κ2) is 5.92. The summed E-state index contributed by atoms with van der Waals surface area (Å²) in [6.07, 6.45) is 8.58. The van der Waals surface area contributed by atoms with Crippen LogP contribution in [0.1, 0.15) is 38.1 Å². The van der Waals surface area contributed by atoms with Crippen LogP contribution < -0.4 is 5.73 Å². The summed E-state index contributed by atoms with van der Waals surface area (Å²) in [5.41, 5.74) is 5.68. The predicted molar refractivity (Wildman–Crippen MR) is 74.9 cm³/mol. The molecule has 3 rings (SSSR count). The fraction of sp³-hybridized carbons (Fsp3) is 0.786. The Morgan fingerprint density at radius 1 is 1.26 bits per heavy atom. The standard InChI is InChI=1S/C14H24N4O/c15-14-6-9-18(16-14)12-4-7-17(8-5-12)11-13-3-1-2-10-19-13/h6,9,12-13H,1-5,7-8,10-11H2,(H2,15,16). The highest BCUT2D eigenvalue weighted by Gasteiger charge is 2.24. The summed E-state index contributed by atoms with van der Waals surface area (Å²) in [4.78, 5) is 2.54. The van der Waals surface area contributed by atoms with Crippen molar-refractivity contribution in [3.05, 3.63) is 12.3 Å². The van der Waals surface area contributed by atoms with Gasteiger partial charge in [-0.25, -0.2) is 0 Å². The minimum Gasteiger partial charge on any atom is -0.382 e. The summed E-state index contributed by atoms with van der Waals surface area (Å²) >= 11 is 0. The highest BCUT2D eigenvalue weighted by Crippen LogP contribution is 2.23. The Hall–Kier alpha value is -1.07. The first-order chi connectivity index (χ1) is 9.31. The fourth-order valence-electron chi connectivity index (χ4n) is 3.16. The van der Waals surface area contributed by atoms with E-state index in [1.54, 1.807) is 0 Å². The molecule has 2 aliphatic rings. The second-order valence-corrected chi connectivity index (χ2v) is 5.74. The first kappa shape index (κ1) is 12.9. The summed E-state index contributed by atoms with van der Waals surface area (Å²) in [6, 6.07) is 2.39. The number of piperidine rings is 1. The molecule has 1 aromatic rings.